The van der Waals surface area contributed by atoms with E-state index in [0.717, 1.165) is 18.3 Å². The van der Waals surface area contributed by atoms with E-state index in [1.807, 2.05) is 0 Å². The molecule has 0 aliphatic carbocycles. The molecular weight excluding hydrogens is 410 g/mol. The highest BCUT2D eigenvalue weighted by Gasteiger charge is 2.32. The van der Waals surface area contributed by atoms with Crippen LogP contribution in [0.2, 0.25) is 0 Å². The Bertz CT molecular complexity index is 1110. The summed E-state index contributed by atoms with van der Waals surface area (Å²) >= 11 is 0. The highest BCUT2D eigenvalue weighted by Crippen LogP contribution is 2.40. The second kappa shape index (κ2) is 8.01. The topological polar surface area (TPSA) is 77.7 Å². The van der Waals surface area contributed by atoms with E-state index in [0.29, 0.717) is 17.4 Å². The Morgan fingerprint density at radius 3 is 2.47 bits per heavy atom. The Hall–Kier alpha value is -3.63. The summed E-state index contributed by atoms with van der Waals surface area (Å²) in [5, 5.41) is 11.1. The Balaban J connectivity index is 2.15. The monoisotopic (exact) mass is 425 g/mol. The summed E-state index contributed by atoms with van der Waals surface area (Å²) in [4.78, 5) is 14.3. The summed E-state index contributed by atoms with van der Waals surface area (Å²) in [5.41, 5.74) is -2.19. The number of rotatable bonds is 6. The molecule has 11 heteroatoms. The number of fused-ring (bicyclic) bond motifs is 1. The fraction of sp³-hybridized carbons (Fsp3) is 0.211. The molecule has 0 unspecified atom stereocenters. The van der Waals surface area contributed by atoms with Crippen LogP contribution in [0.3, 0.4) is 0 Å². The van der Waals surface area contributed by atoms with E-state index in [2.05, 4.69) is 4.98 Å². The third-order valence-corrected chi connectivity index (χ3v) is 4.39. The molecule has 0 radical (unpaired) electrons. The van der Waals surface area contributed by atoms with Crippen LogP contribution in [0.5, 0.6) is 11.5 Å². The molecule has 0 saturated carbocycles. The molecule has 0 fully saturated rings. The Kier molecular flexibility index (Phi) is 5.63. The molecule has 0 aliphatic rings. The minimum absolute atomic E-state index is 0.00658. The smallest absolute Gasteiger partial charge is 0.416 e. The molecule has 0 N–H and O–H groups in total. The molecule has 1 aromatic heterocycles. The molecule has 3 aromatic rings. The summed E-state index contributed by atoms with van der Waals surface area (Å²) in [7, 11) is 2.78. The van der Waals surface area contributed by atoms with Crippen molar-refractivity contribution in [1.82, 2.24) is 4.98 Å². The zero-order valence-electron chi connectivity index (χ0n) is 15.7. The number of hydrogen-bond donors (Lipinski definition) is 0. The van der Waals surface area contributed by atoms with Gasteiger partial charge < -0.3 is 9.47 Å². The molecule has 7 nitrogen and oxygen atoms in total. The molecule has 0 amide bonds. The number of pyridine rings is 1. The maximum Gasteiger partial charge on any atom is 0.416 e. The Morgan fingerprint density at radius 1 is 1.13 bits per heavy atom. The number of nitrogens with zero attached hydrogens (tertiary/aromatic N) is 3. The van der Waals surface area contributed by atoms with Crippen molar-refractivity contribution in [2.45, 2.75) is 12.7 Å². The fourth-order valence-corrected chi connectivity index (χ4v) is 2.94. The average molecular weight is 425 g/mol. The van der Waals surface area contributed by atoms with E-state index < -0.39 is 34.6 Å². The van der Waals surface area contributed by atoms with Crippen LogP contribution in [0.15, 0.2) is 42.6 Å². The average Bonchev–Trinajstić information content (AvgIpc) is 2.71. The second-order valence-electron chi connectivity index (χ2n) is 6.18. The molecular formula is C19H15F4N3O4. The van der Waals surface area contributed by atoms with Crippen LogP contribution in [0.1, 0.15) is 11.1 Å². The number of halogens is 4. The van der Waals surface area contributed by atoms with Gasteiger partial charge in [0.25, 0.3) is 0 Å². The Labute approximate surface area is 167 Å². The first kappa shape index (κ1) is 21.1. The first-order valence-corrected chi connectivity index (χ1v) is 8.44. The zero-order valence-corrected chi connectivity index (χ0v) is 15.7. The van der Waals surface area contributed by atoms with Gasteiger partial charge in [-0.1, -0.05) is 4.48 Å². The van der Waals surface area contributed by atoms with Gasteiger partial charge >= 0.3 is 11.9 Å². The molecule has 158 valence electrons. The van der Waals surface area contributed by atoms with E-state index in [1.54, 1.807) is 0 Å². The van der Waals surface area contributed by atoms with E-state index in [1.165, 1.54) is 32.4 Å². The van der Waals surface area contributed by atoms with E-state index in [9.17, 15) is 23.3 Å². The number of hydrogen-bond acceptors (Lipinski definition) is 6. The molecule has 3 rings (SSSR count). The van der Waals surface area contributed by atoms with E-state index in [4.69, 9.17) is 9.47 Å². The second-order valence-corrected chi connectivity index (χ2v) is 6.18. The lowest BCUT2D eigenvalue weighted by molar-refractivity contribution is -0.384. The number of anilines is 1. The summed E-state index contributed by atoms with van der Waals surface area (Å²) in [6.45, 7) is -0.524. The standard InChI is InChI=1S/C19H15F4N3O4/c1-29-13-5-3-11(17(8-13)30-2)10-25(23)18-14-7-12(19(20,21)22)4-6-15(14)24-9-16(18)26(27)28/h3-9H,10H2,1-2H3. The summed E-state index contributed by atoms with van der Waals surface area (Å²) in [5.74, 6) is 0.685. The van der Waals surface area contributed by atoms with Crippen molar-refractivity contribution in [2.75, 3.05) is 19.3 Å². The third kappa shape index (κ3) is 4.04. The van der Waals surface area contributed by atoms with E-state index in [-0.39, 0.29) is 21.8 Å². The maximum atomic E-state index is 15.2. The first-order chi connectivity index (χ1) is 14.2. The molecule has 0 atom stereocenters. The van der Waals surface area contributed by atoms with Crippen LogP contribution in [0.25, 0.3) is 10.9 Å². The molecule has 30 heavy (non-hydrogen) atoms. The molecule has 0 bridgehead atoms. The molecule has 0 aliphatic heterocycles. The normalized spacial score (nSPS) is 11.4. The zero-order chi connectivity index (χ0) is 22.1. The third-order valence-electron chi connectivity index (χ3n) is 4.39. The van der Waals surface area contributed by atoms with Crippen molar-refractivity contribution < 1.29 is 32.0 Å². The molecule has 1 heterocycles. The van der Waals surface area contributed by atoms with Gasteiger partial charge in [-0.2, -0.15) is 18.3 Å². The molecule has 2 aromatic carbocycles. The molecule has 0 spiro atoms. The number of nitro groups is 1. The first-order valence-electron chi connectivity index (χ1n) is 8.44. The van der Waals surface area contributed by atoms with Gasteiger partial charge in [-0.15, -0.1) is 0 Å². The summed E-state index contributed by atoms with van der Waals surface area (Å²) in [6.07, 6.45) is -3.90. The lowest BCUT2D eigenvalue weighted by atomic mass is 10.1. The number of aromatic nitrogens is 1. The predicted molar refractivity (Wildman–Crippen MR) is 100 cm³/mol. The van der Waals surface area contributed by atoms with Crippen LogP contribution in [-0.4, -0.2) is 24.1 Å². The van der Waals surface area contributed by atoms with Crippen LogP contribution in [0, 0.1) is 10.1 Å². The van der Waals surface area contributed by atoms with Crippen molar-refractivity contribution in [3.05, 3.63) is 63.8 Å². The van der Waals surface area contributed by atoms with Gasteiger partial charge in [0, 0.05) is 17.0 Å². The van der Waals surface area contributed by atoms with Crippen LogP contribution < -0.4 is 14.6 Å². The maximum absolute atomic E-state index is 15.2. The van der Waals surface area contributed by atoms with Gasteiger partial charge in [0.1, 0.15) is 17.7 Å². The van der Waals surface area contributed by atoms with Crippen molar-refractivity contribution in [1.29, 1.82) is 0 Å². The number of alkyl halides is 3. The van der Waals surface area contributed by atoms with Crippen molar-refractivity contribution in [3.8, 4) is 11.5 Å². The van der Waals surface area contributed by atoms with Crippen molar-refractivity contribution >= 4 is 22.3 Å². The lowest BCUT2D eigenvalue weighted by Gasteiger charge is -2.18. The van der Waals surface area contributed by atoms with E-state index >= 15 is 4.48 Å². The van der Waals surface area contributed by atoms with Crippen molar-refractivity contribution in [3.63, 3.8) is 0 Å². The van der Waals surface area contributed by atoms with Crippen LogP contribution in [-0.2, 0) is 12.7 Å². The summed E-state index contributed by atoms with van der Waals surface area (Å²) < 4.78 is 64.9. The van der Waals surface area contributed by atoms with Gasteiger partial charge in [0.05, 0.1) is 36.8 Å². The van der Waals surface area contributed by atoms with Crippen LogP contribution in [0.4, 0.5) is 29.0 Å². The lowest BCUT2D eigenvalue weighted by Crippen LogP contribution is -2.15. The minimum Gasteiger partial charge on any atom is -0.497 e. The van der Waals surface area contributed by atoms with Gasteiger partial charge in [-0.05, 0) is 30.3 Å². The largest absolute Gasteiger partial charge is 0.497 e. The fourth-order valence-electron chi connectivity index (χ4n) is 2.94. The predicted octanol–water partition coefficient (Wildman–Crippen LogP) is 5.07. The van der Waals surface area contributed by atoms with Gasteiger partial charge in [0.2, 0.25) is 0 Å². The Morgan fingerprint density at radius 2 is 1.87 bits per heavy atom. The number of benzene rings is 2. The van der Waals surface area contributed by atoms with Gasteiger partial charge in [0.15, 0.2) is 5.69 Å². The minimum atomic E-state index is -4.71. The highest BCUT2D eigenvalue weighted by atomic mass is 19.4. The number of methoxy groups -OCH3 is 2. The molecule has 0 saturated heterocycles. The highest BCUT2D eigenvalue weighted by molar-refractivity contribution is 5.96. The van der Waals surface area contributed by atoms with Crippen LogP contribution >= 0.6 is 0 Å². The van der Waals surface area contributed by atoms with Gasteiger partial charge in [-0.25, -0.2) is 4.98 Å². The van der Waals surface area contributed by atoms with Gasteiger partial charge in [-0.3, -0.25) is 10.1 Å². The summed E-state index contributed by atoms with van der Waals surface area (Å²) in [6, 6.07) is 6.97. The quantitative estimate of drug-likeness (QED) is 0.238. The SMILES string of the molecule is COc1ccc(CN(F)c2c([N+](=O)[O-])cnc3ccc(C(F)(F)F)cc23)c(OC)c1. The van der Waals surface area contributed by atoms with Crippen molar-refractivity contribution in [2.24, 2.45) is 0 Å². The number of ether oxygens (including phenoxy) is 2.